The molecular weight excluding hydrogens is 417 g/mol. The van der Waals surface area contributed by atoms with Crippen LogP contribution in [0.1, 0.15) is 25.1 Å². The number of hydrogen-bond donors (Lipinski definition) is 2. The van der Waals surface area contributed by atoms with Crippen molar-refractivity contribution in [2.45, 2.75) is 25.9 Å². The number of nitrogens with zero attached hydrogens (tertiary/aromatic N) is 2. The summed E-state index contributed by atoms with van der Waals surface area (Å²) in [6.45, 7) is 1.72. The molecular formula is C20H19F3N4O4. The van der Waals surface area contributed by atoms with Crippen LogP contribution in [0, 0.1) is 17.5 Å². The number of halogens is 3. The number of hydrogen-bond acceptors (Lipinski definition) is 5. The van der Waals surface area contributed by atoms with E-state index in [1.807, 2.05) is 0 Å². The Morgan fingerprint density at radius 3 is 2.71 bits per heavy atom. The summed E-state index contributed by atoms with van der Waals surface area (Å²) < 4.78 is 46.3. The molecule has 1 unspecified atom stereocenters. The summed E-state index contributed by atoms with van der Waals surface area (Å²) in [5, 5.41) is 2.28. The van der Waals surface area contributed by atoms with E-state index in [1.165, 1.54) is 6.07 Å². The van der Waals surface area contributed by atoms with E-state index in [-0.39, 0.29) is 29.6 Å². The Hall–Kier alpha value is -3.47. The van der Waals surface area contributed by atoms with Gasteiger partial charge in [-0.05, 0) is 25.1 Å². The quantitative estimate of drug-likeness (QED) is 0.524. The molecule has 0 saturated carbocycles. The van der Waals surface area contributed by atoms with Crippen LogP contribution in [-0.2, 0) is 16.1 Å². The second-order valence-electron chi connectivity index (χ2n) is 6.60. The highest BCUT2D eigenvalue weighted by Gasteiger charge is 2.25. The highest BCUT2D eigenvalue weighted by atomic mass is 19.1. The normalized spacial score (nSPS) is 12.1. The summed E-state index contributed by atoms with van der Waals surface area (Å²) in [6.07, 6.45) is 0.743. The maximum Gasteiger partial charge on any atom is 0.329 e. The average Bonchev–Trinajstić information content (AvgIpc) is 2.72. The lowest BCUT2D eigenvalue weighted by molar-refractivity contribution is -0.125. The SMILES string of the molecule is CCOCCC(C(=O)NCc1ncc(F)cc1F)n1c(=O)[nH]c2ccc(F)cc2c1=O. The zero-order valence-corrected chi connectivity index (χ0v) is 16.5. The van der Waals surface area contributed by atoms with Gasteiger partial charge >= 0.3 is 5.69 Å². The van der Waals surface area contributed by atoms with Crippen molar-refractivity contribution in [3.63, 3.8) is 0 Å². The highest BCUT2D eigenvalue weighted by Crippen LogP contribution is 2.13. The van der Waals surface area contributed by atoms with Gasteiger partial charge < -0.3 is 15.0 Å². The summed E-state index contributed by atoms with van der Waals surface area (Å²) >= 11 is 0. The molecule has 0 bridgehead atoms. The van der Waals surface area contributed by atoms with Gasteiger partial charge in [0, 0.05) is 25.7 Å². The second-order valence-corrected chi connectivity index (χ2v) is 6.60. The van der Waals surface area contributed by atoms with E-state index in [0.717, 1.165) is 18.3 Å². The summed E-state index contributed by atoms with van der Waals surface area (Å²) in [7, 11) is 0. The van der Waals surface area contributed by atoms with Gasteiger partial charge in [0.2, 0.25) is 5.91 Å². The molecule has 11 heteroatoms. The molecule has 2 N–H and O–H groups in total. The predicted molar refractivity (Wildman–Crippen MR) is 105 cm³/mol. The van der Waals surface area contributed by atoms with Crippen LogP contribution in [-0.4, -0.2) is 33.7 Å². The van der Waals surface area contributed by atoms with Gasteiger partial charge in [0.25, 0.3) is 5.56 Å². The van der Waals surface area contributed by atoms with E-state index in [0.29, 0.717) is 17.2 Å². The lowest BCUT2D eigenvalue weighted by atomic mass is 10.1. The lowest BCUT2D eigenvalue weighted by Crippen LogP contribution is -2.45. The average molecular weight is 436 g/mol. The van der Waals surface area contributed by atoms with Crippen molar-refractivity contribution in [3.05, 3.63) is 74.4 Å². The summed E-state index contributed by atoms with van der Waals surface area (Å²) in [5.41, 5.74) is -1.83. The number of aromatic nitrogens is 3. The number of nitrogens with one attached hydrogen (secondary N) is 2. The Morgan fingerprint density at radius 2 is 2.00 bits per heavy atom. The first-order valence-electron chi connectivity index (χ1n) is 9.41. The van der Waals surface area contributed by atoms with Gasteiger partial charge in [0.05, 0.1) is 29.3 Å². The van der Waals surface area contributed by atoms with Crippen molar-refractivity contribution >= 4 is 16.8 Å². The minimum Gasteiger partial charge on any atom is -0.382 e. The zero-order valence-electron chi connectivity index (χ0n) is 16.5. The number of fused-ring (bicyclic) bond motifs is 1. The minimum absolute atomic E-state index is 0.0464. The van der Waals surface area contributed by atoms with E-state index in [2.05, 4.69) is 15.3 Å². The smallest absolute Gasteiger partial charge is 0.329 e. The van der Waals surface area contributed by atoms with Crippen LogP contribution in [0.5, 0.6) is 0 Å². The second kappa shape index (κ2) is 9.56. The van der Waals surface area contributed by atoms with E-state index in [9.17, 15) is 27.6 Å². The largest absolute Gasteiger partial charge is 0.382 e. The third-order valence-corrected chi connectivity index (χ3v) is 4.56. The lowest BCUT2D eigenvalue weighted by Gasteiger charge is -2.19. The zero-order chi connectivity index (χ0) is 22.5. The molecule has 0 aliphatic heterocycles. The van der Waals surface area contributed by atoms with Crippen LogP contribution >= 0.6 is 0 Å². The van der Waals surface area contributed by atoms with Crippen LogP contribution < -0.4 is 16.6 Å². The van der Waals surface area contributed by atoms with Crippen molar-refractivity contribution in [1.29, 1.82) is 0 Å². The standard InChI is InChI=1S/C20H19F3N4O4/c1-2-31-6-5-17(18(28)25-10-16-14(23)8-12(22)9-24-16)27-19(29)13-7-11(21)3-4-15(13)26-20(27)30/h3-4,7-9,17H,2,5-6,10H2,1H3,(H,25,28)(H,26,30). The van der Waals surface area contributed by atoms with Crippen LogP contribution in [0.4, 0.5) is 13.2 Å². The molecule has 2 heterocycles. The van der Waals surface area contributed by atoms with Gasteiger partial charge in [-0.15, -0.1) is 0 Å². The number of pyridine rings is 1. The molecule has 0 aliphatic rings. The number of H-pyrrole nitrogens is 1. The Bertz CT molecular complexity index is 1230. The Balaban J connectivity index is 1.95. The summed E-state index contributed by atoms with van der Waals surface area (Å²) in [4.78, 5) is 44.3. The first-order valence-corrected chi connectivity index (χ1v) is 9.41. The fourth-order valence-corrected chi connectivity index (χ4v) is 3.06. The molecule has 1 atom stereocenters. The van der Waals surface area contributed by atoms with E-state index >= 15 is 0 Å². The summed E-state index contributed by atoms with van der Waals surface area (Å²) in [5.74, 6) is -3.30. The fourth-order valence-electron chi connectivity index (χ4n) is 3.06. The minimum atomic E-state index is -1.32. The molecule has 164 valence electrons. The molecule has 0 spiro atoms. The number of ether oxygens (including phenoxy) is 1. The van der Waals surface area contributed by atoms with Crippen molar-refractivity contribution in [1.82, 2.24) is 19.9 Å². The van der Waals surface area contributed by atoms with Crippen LogP contribution in [0.3, 0.4) is 0 Å². The topological polar surface area (TPSA) is 106 Å². The third kappa shape index (κ3) is 5.00. The van der Waals surface area contributed by atoms with E-state index in [1.54, 1.807) is 6.92 Å². The molecule has 3 aromatic rings. The Labute approximate surface area is 173 Å². The van der Waals surface area contributed by atoms with Gasteiger partial charge in [0.1, 0.15) is 23.5 Å². The number of benzene rings is 1. The molecule has 2 aromatic heterocycles. The number of amides is 1. The van der Waals surface area contributed by atoms with Gasteiger partial charge in [-0.25, -0.2) is 22.5 Å². The van der Waals surface area contributed by atoms with Crippen molar-refractivity contribution < 1.29 is 22.7 Å². The molecule has 1 aromatic carbocycles. The van der Waals surface area contributed by atoms with Crippen molar-refractivity contribution in [3.8, 4) is 0 Å². The molecule has 0 saturated heterocycles. The fraction of sp³-hybridized carbons (Fsp3) is 0.300. The first-order chi connectivity index (χ1) is 14.8. The maximum absolute atomic E-state index is 13.8. The molecule has 0 fully saturated rings. The van der Waals surface area contributed by atoms with Crippen LogP contribution in [0.25, 0.3) is 10.9 Å². The van der Waals surface area contributed by atoms with Crippen LogP contribution in [0.2, 0.25) is 0 Å². The Morgan fingerprint density at radius 1 is 1.23 bits per heavy atom. The van der Waals surface area contributed by atoms with Gasteiger partial charge in [-0.1, -0.05) is 0 Å². The van der Waals surface area contributed by atoms with Crippen molar-refractivity contribution in [2.24, 2.45) is 0 Å². The summed E-state index contributed by atoms with van der Waals surface area (Å²) in [6, 6.07) is 2.59. The molecule has 3 rings (SSSR count). The van der Waals surface area contributed by atoms with Gasteiger partial charge in [-0.2, -0.15) is 0 Å². The molecule has 8 nitrogen and oxygen atoms in total. The molecule has 31 heavy (non-hydrogen) atoms. The van der Waals surface area contributed by atoms with Gasteiger partial charge in [0.15, 0.2) is 0 Å². The van der Waals surface area contributed by atoms with Crippen molar-refractivity contribution in [2.75, 3.05) is 13.2 Å². The molecule has 1 amide bonds. The highest BCUT2D eigenvalue weighted by molar-refractivity contribution is 5.81. The number of carbonyl (C=O) groups excluding carboxylic acids is 1. The van der Waals surface area contributed by atoms with Crippen LogP contribution in [0.15, 0.2) is 40.1 Å². The monoisotopic (exact) mass is 436 g/mol. The first kappa shape index (κ1) is 22.2. The van der Waals surface area contributed by atoms with E-state index < -0.39 is 47.2 Å². The predicted octanol–water partition coefficient (Wildman–Crippen LogP) is 1.79. The number of rotatable bonds is 8. The Kier molecular flexibility index (Phi) is 6.85. The molecule has 0 radical (unpaired) electrons. The molecule has 0 aliphatic carbocycles. The maximum atomic E-state index is 13.8. The third-order valence-electron chi connectivity index (χ3n) is 4.56. The number of carbonyl (C=O) groups is 1. The van der Waals surface area contributed by atoms with Gasteiger partial charge in [-0.3, -0.25) is 14.6 Å². The van der Waals surface area contributed by atoms with E-state index in [4.69, 9.17) is 4.74 Å². The number of aromatic amines is 1.